The maximum Gasteiger partial charge on any atom is 0.175 e. The van der Waals surface area contributed by atoms with E-state index < -0.39 is 9.84 Å². The Bertz CT molecular complexity index is 911. The van der Waals surface area contributed by atoms with Crippen molar-refractivity contribution in [3.05, 3.63) is 71.6 Å². The summed E-state index contributed by atoms with van der Waals surface area (Å²) in [6.45, 7) is 0. The van der Waals surface area contributed by atoms with E-state index >= 15 is 0 Å². The molecule has 2 atom stereocenters. The zero-order chi connectivity index (χ0) is 16.9. The summed E-state index contributed by atoms with van der Waals surface area (Å²) in [5.74, 6) is 0.312. The van der Waals surface area contributed by atoms with Gasteiger partial charge in [-0.05, 0) is 71.6 Å². The van der Waals surface area contributed by atoms with Gasteiger partial charge >= 0.3 is 0 Å². The summed E-state index contributed by atoms with van der Waals surface area (Å²) >= 11 is 0. The molecule has 0 bridgehead atoms. The van der Waals surface area contributed by atoms with E-state index in [2.05, 4.69) is 6.08 Å². The number of benzene rings is 2. The lowest BCUT2D eigenvalue weighted by molar-refractivity contribution is 0.538. The molecule has 0 amide bonds. The predicted molar refractivity (Wildman–Crippen MR) is 93.0 cm³/mol. The third-order valence-corrected chi connectivity index (χ3v) is 6.54. The third-order valence-electron chi connectivity index (χ3n) is 5.41. The minimum absolute atomic E-state index is 0.190. The lowest BCUT2D eigenvalue weighted by Crippen LogP contribution is -1.99. The van der Waals surface area contributed by atoms with Crippen LogP contribution in [0.1, 0.15) is 36.3 Å². The first-order valence-corrected chi connectivity index (χ1v) is 10.0. The Balaban J connectivity index is 1.50. The molecule has 1 spiro atoms. The average Bonchev–Trinajstić information content (AvgIpc) is 3.07. The molecule has 0 aliphatic heterocycles. The first kappa shape index (κ1) is 15.6. The fraction of sp³-hybridized carbons (Fsp3) is 0.300. The molecule has 0 N–H and O–H groups in total. The summed E-state index contributed by atoms with van der Waals surface area (Å²) in [6, 6.07) is 14.0. The maximum absolute atomic E-state index is 13.1. The Morgan fingerprint density at radius 3 is 2.33 bits per heavy atom. The zero-order valence-electron chi connectivity index (χ0n) is 13.5. The molecule has 2 aromatic carbocycles. The Labute approximate surface area is 141 Å². The number of allylic oxidation sites excluding steroid dienone is 2. The van der Waals surface area contributed by atoms with E-state index in [4.69, 9.17) is 0 Å². The van der Waals surface area contributed by atoms with E-state index in [0.29, 0.717) is 10.8 Å². The van der Waals surface area contributed by atoms with Gasteiger partial charge in [0.2, 0.25) is 0 Å². The minimum atomic E-state index is -3.15. The molecule has 0 aromatic heterocycles. The van der Waals surface area contributed by atoms with Crippen molar-refractivity contribution in [2.24, 2.45) is 5.41 Å². The highest BCUT2D eigenvalue weighted by molar-refractivity contribution is 7.90. The highest BCUT2D eigenvalue weighted by Crippen LogP contribution is 2.68. The van der Waals surface area contributed by atoms with Gasteiger partial charge in [0, 0.05) is 6.26 Å². The second-order valence-corrected chi connectivity index (χ2v) is 9.09. The molecule has 2 aliphatic carbocycles. The van der Waals surface area contributed by atoms with E-state index in [0.717, 1.165) is 24.8 Å². The zero-order valence-corrected chi connectivity index (χ0v) is 14.3. The molecular weight excluding hydrogens is 323 g/mol. The van der Waals surface area contributed by atoms with Crippen molar-refractivity contribution in [2.45, 2.75) is 30.1 Å². The van der Waals surface area contributed by atoms with Gasteiger partial charge in [0.1, 0.15) is 5.82 Å². The molecule has 0 saturated heterocycles. The van der Waals surface area contributed by atoms with Gasteiger partial charge in [0.25, 0.3) is 0 Å². The standard InChI is InChI=1S/C20H19FO2S/c1-24(22,23)18-8-4-14(5-9-18)16-10-11-20(12-16)13-19(20)15-2-6-17(21)7-3-15/h2-10,19H,11-13H2,1H3. The van der Waals surface area contributed by atoms with Gasteiger partial charge in [-0.15, -0.1) is 0 Å². The Hall–Kier alpha value is -1.94. The molecule has 2 nitrogen and oxygen atoms in total. The predicted octanol–water partition coefficient (Wildman–Crippen LogP) is 4.58. The van der Waals surface area contributed by atoms with E-state index in [1.54, 1.807) is 12.1 Å². The molecular formula is C20H19FO2S. The topological polar surface area (TPSA) is 34.1 Å². The number of rotatable bonds is 3. The summed E-state index contributed by atoms with van der Waals surface area (Å²) < 4.78 is 36.2. The van der Waals surface area contributed by atoms with Gasteiger partial charge in [-0.1, -0.05) is 30.3 Å². The quantitative estimate of drug-likeness (QED) is 0.818. The van der Waals surface area contributed by atoms with Gasteiger partial charge in [-0.2, -0.15) is 0 Å². The first-order valence-electron chi connectivity index (χ1n) is 8.12. The summed E-state index contributed by atoms with van der Waals surface area (Å²) in [4.78, 5) is 0.357. The van der Waals surface area contributed by atoms with Crippen molar-refractivity contribution < 1.29 is 12.8 Å². The maximum atomic E-state index is 13.1. The van der Waals surface area contributed by atoms with Crippen LogP contribution < -0.4 is 0 Å². The van der Waals surface area contributed by atoms with Crippen molar-refractivity contribution in [2.75, 3.05) is 6.26 Å². The largest absolute Gasteiger partial charge is 0.224 e. The molecule has 2 aromatic rings. The third kappa shape index (κ3) is 2.69. The lowest BCUT2D eigenvalue weighted by Gasteiger charge is -2.11. The summed E-state index contributed by atoms with van der Waals surface area (Å²) in [7, 11) is -3.15. The molecule has 4 rings (SSSR count). The molecule has 124 valence electrons. The van der Waals surface area contributed by atoms with Crippen LogP contribution in [0, 0.1) is 11.2 Å². The Morgan fingerprint density at radius 1 is 1.04 bits per heavy atom. The second-order valence-electron chi connectivity index (χ2n) is 7.08. The fourth-order valence-corrected chi connectivity index (χ4v) is 4.55. The van der Waals surface area contributed by atoms with Gasteiger partial charge in [-0.25, -0.2) is 12.8 Å². The van der Waals surface area contributed by atoms with E-state index in [-0.39, 0.29) is 11.2 Å². The Kier molecular flexibility index (Phi) is 3.43. The molecule has 0 radical (unpaired) electrons. The lowest BCUT2D eigenvalue weighted by atomic mass is 9.93. The van der Waals surface area contributed by atoms with E-state index in [1.807, 2.05) is 24.3 Å². The molecule has 2 unspecified atom stereocenters. The van der Waals surface area contributed by atoms with Crippen LogP contribution in [0.25, 0.3) is 5.57 Å². The molecule has 1 fully saturated rings. The van der Waals surface area contributed by atoms with Crippen LogP contribution >= 0.6 is 0 Å². The molecule has 0 heterocycles. The van der Waals surface area contributed by atoms with Gasteiger partial charge < -0.3 is 0 Å². The van der Waals surface area contributed by atoms with Crippen molar-refractivity contribution >= 4 is 15.4 Å². The highest BCUT2D eigenvalue weighted by atomic mass is 32.2. The SMILES string of the molecule is CS(=O)(=O)c1ccc(C2=CCC3(C2)CC3c2ccc(F)cc2)cc1. The van der Waals surface area contributed by atoms with Crippen molar-refractivity contribution in [3.63, 3.8) is 0 Å². The minimum Gasteiger partial charge on any atom is -0.224 e. The molecule has 4 heteroatoms. The second kappa shape index (κ2) is 5.28. The average molecular weight is 342 g/mol. The Morgan fingerprint density at radius 2 is 1.71 bits per heavy atom. The number of halogens is 1. The fourth-order valence-electron chi connectivity index (χ4n) is 3.92. The van der Waals surface area contributed by atoms with Crippen LogP contribution in [0.4, 0.5) is 4.39 Å². The van der Waals surface area contributed by atoms with Crippen LogP contribution in [0.3, 0.4) is 0 Å². The van der Waals surface area contributed by atoms with Crippen LogP contribution in [-0.4, -0.2) is 14.7 Å². The van der Waals surface area contributed by atoms with E-state index in [9.17, 15) is 12.8 Å². The summed E-state index contributed by atoms with van der Waals surface area (Å²) in [5, 5.41) is 0. The molecule has 2 aliphatic rings. The van der Waals surface area contributed by atoms with Crippen molar-refractivity contribution in [3.8, 4) is 0 Å². The first-order chi connectivity index (χ1) is 11.4. The molecule has 24 heavy (non-hydrogen) atoms. The van der Waals surface area contributed by atoms with Gasteiger partial charge in [0.15, 0.2) is 9.84 Å². The van der Waals surface area contributed by atoms with E-state index in [1.165, 1.54) is 29.5 Å². The number of hydrogen-bond donors (Lipinski definition) is 0. The highest BCUT2D eigenvalue weighted by Gasteiger charge is 2.55. The number of hydrogen-bond acceptors (Lipinski definition) is 2. The monoisotopic (exact) mass is 342 g/mol. The number of sulfone groups is 1. The van der Waals surface area contributed by atoms with Crippen LogP contribution in [0.2, 0.25) is 0 Å². The van der Waals surface area contributed by atoms with Crippen LogP contribution in [0.15, 0.2) is 59.5 Å². The van der Waals surface area contributed by atoms with Crippen molar-refractivity contribution in [1.82, 2.24) is 0 Å². The smallest absolute Gasteiger partial charge is 0.175 e. The summed E-state index contributed by atoms with van der Waals surface area (Å²) in [6.07, 6.45) is 6.69. The van der Waals surface area contributed by atoms with Gasteiger partial charge in [0.05, 0.1) is 4.90 Å². The van der Waals surface area contributed by atoms with Crippen LogP contribution in [0.5, 0.6) is 0 Å². The van der Waals surface area contributed by atoms with Gasteiger partial charge in [-0.3, -0.25) is 0 Å². The normalized spacial score (nSPS) is 25.8. The van der Waals surface area contributed by atoms with Crippen LogP contribution in [-0.2, 0) is 9.84 Å². The van der Waals surface area contributed by atoms with Crippen molar-refractivity contribution in [1.29, 1.82) is 0 Å². The molecule has 1 saturated carbocycles. The summed E-state index contributed by atoms with van der Waals surface area (Å²) in [5.41, 5.74) is 3.89.